The van der Waals surface area contributed by atoms with E-state index in [1.54, 1.807) is 34.6 Å². The second-order valence-corrected chi connectivity index (χ2v) is 14.7. The summed E-state index contributed by atoms with van der Waals surface area (Å²) in [5.74, 6) is -0.220. The monoisotopic (exact) mass is 728 g/mol. The maximum atomic E-state index is 15.0. The molecule has 2 amide bonds. The minimum Gasteiger partial charge on any atom is -0.446 e. The van der Waals surface area contributed by atoms with E-state index in [1.807, 2.05) is 48.0 Å². The van der Waals surface area contributed by atoms with Crippen LogP contribution in [0.15, 0.2) is 72.2 Å². The summed E-state index contributed by atoms with van der Waals surface area (Å²) in [6.07, 6.45) is 13.2. The lowest BCUT2D eigenvalue weighted by Gasteiger charge is -2.44. The Morgan fingerprint density at radius 1 is 1.10 bits per heavy atom. The number of aryl methyl sites for hydroxylation is 4. The molecule has 13 heteroatoms. The molecule has 1 aliphatic heterocycles. The number of carbonyl (C=O) groups is 2. The summed E-state index contributed by atoms with van der Waals surface area (Å²) in [4.78, 5) is 53.9. The molecule has 1 saturated heterocycles. The molecule has 0 radical (unpaired) electrons. The van der Waals surface area contributed by atoms with Crippen molar-refractivity contribution in [3.63, 3.8) is 0 Å². The number of imidazole rings is 1. The highest BCUT2D eigenvalue weighted by Gasteiger charge is 2.45. The third-order valence-corrected chi connectivity index (χ3v) is 10.9. The number of halogens is 1. The predicted octanol–water partition coefficient (Wildman–Crippen LogP) is 4.82. The van der Waals surface area contributed by atoms with Gasteiger partial charge in [-0.05, 0) is 92.8 Å². The molecule has 7 rings (SSSR count). The molecule has 0 spiro atoms. The number of ether oxygens (including phenoxy) is 1. The van der Waals surface area contributed by atoms with Crippen molar-refractivity contribution in [3.8, 4) is 0 Å². The average Bonchev–Trinajstić information content (AvgIpc) is 3.48. The van der Waals surface area contributed by atoms with Gasteiger partial charge in [-0.15, -0.1) is 0 Å². The summed E-state index contributed by atoms with van der Waals surface area (Å²) in [6.45, 7) is 4.13. The largest absolute Gasteiger partial charge is 0.446 e. The molecule has 0 bridgehead atoms. The Labute approximate surface area is 308 Å². The zero-order valence-electron chi connectivity index (χ0n) is 29.6. The fourth-order valence-corrected chi connectivity index (χ4v) is 8.29. The van der Waals surface area contributed by atoms with Crippen molar-refractivity contribution in [1.29, 1.82) is 0 Å². The van der Waals surface area contributed by atoms with Crippen LogP contribution < -0.4 is 10.3 Å². The van der Waals surface area contributed by atoms with Gasteiger partial charge < -0.3 is 19.2 Å². The molecule has 52 heavy (non-hydrogen) atoms. The molecular weight excluding hydrogens is 682 g/mol. The molecule has 3 aromatic heterocycles. The van der Waals surface area contributed by atoms with E-state index in [-0.39, 0.29) is 37.2 Å². The van der Waals surface area contributed by atoms with E-state index >= 15 is 4.79 Å². The van der Waals surface area contributed by atoms with Crippen LogP contribution in [0.1, 0.15) is 78.2 Å². The van der Waals surface area contributed by atoms with E-state index in [9.17, 15) is 14.8 Å². The maximum absolute atomic E-state index is 15.0. The Balaban J connectivity index is 1.23. The number of carbonyl (C=O) groups excluding carboxylic acids is 2. The lowest BCUT2D eigenvalue weighted by Crippen LogP contribution is -2.62. The third-order valence-electron chi connectivity index (χ3n) is 10.7. The molecule has 4 heterocycles. The summed E-state index contributed by atoms with van der Waals surface area (Å²) < 4.78 is 9.29. The fraction of sp³-hybridized carbons (Fsp3) is 0.462. The first-order valence-electron chi connectivity index (χ1n) is 18.4. The molecule has 2 fully saturated rings. The van der Waals surface area contributed by atoms with Crippen molar-refractivity contribution in [2.75, 3.05) is 26.2 Å². The standard InChI is InChI=1S/C39H46ClN7O5/c1-27-23-43(26-42-27)16-6-17-45(24-28-14-15-41-35(48)21-28)38(49)34-25-44(19-20-46(34)39(50)52-32-8-3-2-4-9-32)37-33-13-12-31(40)22-30(33)11-10-29-7-5-18-47(51)36(29)37/h5,7,12-15,18,21-23,26,32,34,37H,2-4,6,8-11,16-17,19-20,24-25H2,1H3,(H-,41,48,51)/p+1/t34-,37?/m1/s1. The number of piperazine rings is 1. The Kier molecular flexibility index (Phi) is 10.9. The van der Waals surface area contributed by atoms with E-state index < -0.39 is 18.2 Å². The maximum Gasteiger partial charge on any atom is 0.410 e. The topological polar surface area (TPSA) is 128 Å². The number of rotatable bonds is 9. The van der Waals surface area contributed by atoms with Gasteiger partial charge in [-0.2, -0.15) is 0 Å². The second-order valence-electron chi connectivity index (χ2n) is 14.3. The SMILES string of the molecule is Cc1cn(CCCN(Cc2cc[nH]c(=O)c2)C(=O)[C@H]2CN(C3c4ccc(Cl)cc4CCc4ccc[n+](O)c43)CCN2C(=O)OC2CCCCC2)cn1. The molecule has 2 N–H and O–H groups in total. The molecule has 3 aliphatic rings. The van der Waals surface area contributed by atoms with Gasteiger partial charge in [-0.3, -0.25) is 24.6 Å². The molecule has 2 atom stereocenters. The minimum atomic E-state index is -0.874. The van der Waals surface area contributed by atoms with E-state index in [2.05, 4.69) is 14.9 Å². The lowest BCUT2D eigenvalue weighted by atomic mass is 9.95. The number of aromatic amines is 1. The highest BCUT2D eigenvalue weighted by atomic mass is 35.5. The number of nitrogens with zero attached hydrogens (tertiary/aromatic N) is 6. The van der Waals surface area contributed by atoms with Crippen molar-refractivity contribution in [1.82, 2.24) is 29.2 Å². The number of hydrogen-bond acceptors (Lipinski definition) is 7. The molecule has 1 unspecified atom stereocenters. The van der Waals surface area contributed by atoms with E-state index in [4.69, 9.17) is 16.3 Å². The zero-order valence-corrected chi connectivity index (χ0v) is 30.4. The van der Waals surface area contributed by atoms with Gasteiger partial charge in [0, 0.05) is 79.1 Å². The van der Waals surface area contributed by atoms with Crippen LogP contribution in [0.2, 0.25) is 5.02 Å². The van der Waals surface area contributed by atoms with Crippen LogP contribution >= 0.6 is 11.6 Å². The summed E-state index contributed by atoms with van der Waals surface area (Å²) >= 11 is 6.49. The molecular formula is C39H47ClN7O5+. The second kappa shape index (κ2) is 15.9. The zero-order chi connectivity index (χ0) is 36.2. The average molecular weight is 729 g/mol. The number of benzene rings is 1. The summed E-state index contributed by atoms with van der Waals surface area (Å²) in [5, 5.41) is 11.9. The highest BCUT2D eigenvalue weighted by Crippen LogP contribution is 2.37. The van der Waals surface area contributed by atoms with Gasteiger partial charge in [0.25, 0.3) is 5.69 Å². The van der Waals surface area contributed by atoms with Crippen LogP contribution in [-0.4, -0.2) is 84.8 Å². The molecule has 274 valence electrons. The van der Waals surface area contributed by atoms with Crippen LogP contribution in [0.3, 0.4) is 0 Å². The first kappa shape index (κ1) is 35.7. The van der Waals surface area contributed by atoms with Crippen LogP contribution in [-0.2, 0) is 35.5 Å². The predicted molar refractivity (Wildman–Crippen MR) is 194 cm³/mol. The van der Waals surface area contributed by atoms with Crippen LogP contribution in [0.4, 0.5) is 4.79 Å². The van der Waals surface area contributed by atoms with Gasteiger partial charge in [0.2, 0.25) is 17.7 Å². The van der Waals surface area contributed by atoms with E-state index in [0.717, 1.165) is 73.0 Å². The molecule has 2 aliphatic carbocycles. The fourth-order valence-electron chi connectivity index (χ4n) is 8.10. The van der Waals surface area contributed by atoms with Gasteiger partial charge in [0.15, 0.2) is 0 Å². The van der Waals surface area contributed by atoms with E-state index in [1.165, 1.54) is 10.8 Å². The first-order chi connectivity index (χ1) is 25.2. The van der Waals surface area contributed by atoms with Crippen molar-refractivity contribution >= 4 is 23.6 Å². The molecule has 1 aromatic carbocycles. The van der Waals surface area contributed by atoms with Crippen molar-refractivity contribution in [2.24, 2.45) is 0 Å². The third kappa shape index (κ3) is 8.03. The first-order valence-corrected chi connectivity index (χ1v) is 18.8. The Morgan fingerprint density at radius 3 is 2.71 bits per heavy atom. The van der Waals surface area contributed by atoms with Gasteiger partial charge in [0.1, 0.15) is 18.2 Å². The van der Waals surface area contributed by atoms with Crippen molar-refractivity contribution in [2.45, 2.75) is 89.6 Å². The normalized spacial score (nSPS) is 19.4. The van der Waals surface area contributed by atoms with Gasteiger partial charge in [0.05, 0.1) is 12.0 Å². The Bertz CT molecular complexity index is 1960. The summed E-state index contributed by atoms with van der Waals surface area (Å²) in [7, 11) is 0. The quantitative estimate of drug-likeness (QED) is 0.187. The summed E-state index contributed by atoms with van der Waals surface area (Å²) in [6, 6.07) is 11.8. The number of amides is 2. The Morgan fingerprint density at radius 2 is 1.92 bits per heavy atom. The van der Waals surface area contributed by atoms with Gasteiger partial charge in [-0.25, -0.2) is 9.78 Å². The van der Waals surface area contributed by atoms with Crippen LogP contribution in [0.5, 0.6) is 0 Å². The highest BCUT2D eigenvalue weighted by molar-refractivity contribution is 6.30. The number of aromatic nitrogens is 4. The Hall–Kier alpha value is -4.68. The smallest absolute Gasteiger partial charge is 0.410 e. The number of hydrogen-bond donors (Lipinski definition) is 2. The van der Waals surface area contributed by atoms with E-state index in [0.29, 0.717) is 36.6 Å². The minimum absolute atomic E-state index is 0.167. The molecule has 12 nitrogen and oxygen atoms in total. The number of fused-ring (bicyclic) bond motifs is 2. The lowest BCUT2D eigenvalue weighted by molar-refractivity contribution is -0.911. The molecule has 4 aromatic rings. The number of pyridine rings is 2. The van der Waals surface area contributed by atoms with Crippen LogP contribution in [0, 0.1) is 6.92 Å². The molecule has 1 saturated carbocycles. The van der Waals surface area contributed by atoms with Crippen molar-refractivity contribution in [3.05, 3.63) is 116 Å². The van der Waals surface area contributed by atoms with Crippen molar-refractivity contribution < 1.29 is 24.3 Å². The van der Waals surface area contributed by atoms with Gasteiger partial charge >= 0.3 is 6.09 Å². The number of H-pyrrole nitrogens is 1. The van der Waals surface area contributed by atoms with Crippen LogP contribution in [0.25, 0.3) is 0 Å². The summed E-state index contributed by atoms with van der Waals surface area (Å²) in [5.41, 5.74) is 5.21. The number of nitrogens with one attached hydrogen (secondary N) is 1. The van der Waals surface area contributed by atoms with Gasteiger partial charge in [-0.1, -0.05) is 24.1 Å².